The number of carbonyl (C=O) groups is 3. The number of hydrogen-bond acceptors (Lipinski definition) is 4. The second kappa shape index (κ2) is 10.9. The fraction of sp³-hybridized carbons (Fsp3) is 0.115. The van der Waals surface area contributed by atoms with Crippen molar-refractivity contribution in [2.45, 2.75) is 20.0 Å². The first kappa shape index (κ1) is 25.3. The van der Waals surface area contributed by atoms with E-state index in [9.17, 15) is 18.8 Å². The summed E-state index contributed by atoms with van der Waals surface area (Å²) in [6.45, 7) is 2.07. The summed E-state index contributed by atoms with van der Waals surface area (Å²) in [5, 5.41) is 2.24. The summed E-state index contributed by atoms with van der Waals surface area (Å²) in [6, 6.07) is 16.1. The Balaban J connectivity index is 1.60. The topological polar surface area (TPSA) is 75.7 Å². The van der Waals surface area contributed by atoms with Crippen LogP contribution in [0.2, 0.25) is 0 Å². The van der Waals surface area contributed by atoms with Crippen LogP contribution in [0.15, 0.2) is 66.2 Å². The van der Waals surface area contributed by atoms with Crippen LogP contribution in [0, 0.1) is 13.0 Å². The lowest BCUT2D eigenvalue weighted by atomic mass is 10.1. The molecule has 9 heteroatoms. The highest BCUT2D eigenvalue weighted by Gasteiger charge is 2.36. The van der Waals surface area contributed by atoms with Gasteiger partial charge in [0.1, 0.15) is 23.7 Å². The molecule has 0 atom stereocenters. The maximum absolute atomic E-state index is 13.9. The Kier molecular flexibility index (Phi) is 7.85. The largest absolute Gasteiger partial charge is 0.487 e. The molecule has 1 heterocycles. The van der Waals surface area contributed by atoms with Crippen molar-refractivity contribution in [1.82, 2.24) is 5.32 Å². The molecule has 4 rings (SSSR count). The number of rotatable bonds is 6. The predicted octanol–water partition coefficient (Wildman–Crippen LogP) is 5.84. The molecule has 1 aliphatic rings. The molecule has 178 valence electrons. The van der Waals surface area contributed by atoms with Crippen LogP contribution in [0.25, 0.3) is 6.08 Å². The van der Waals surface area contributed by atoms with Crippen molar-refractivity contribution < 1.29 is 23.5 Å². The van der Waals surface area contributed by atoms with E-state index < -0.39 is 17.8 Å². The summed E-state index contributed by atoms with van der Waals surface area (Å²) >= 11 is 4.18. The maximum Gasteiger partial charge on any atom is 0.335 e. The van der Waals surface area contributed by atoms with Crippen LogP contribution in [0.3, 0.4) is 0 Å². The van der Waals surface area contributed by atoms with Crippen molar-refractivity contribution in [2.75, 3.05) is 4.90 Å². The fourth-order valence-corrected chi connectivity index (χ4v) is 5.63. The first-order chi connectivity index (χ1) is 16.8. The lowest BCUT2D eigenvalue weighted by Gasteiger charge is -2.26. The predicted molar refractivity (Wildman–Crippen MR) is 147 cm³/mol. The molecule has 0 radical (unpaired) electrons. The zero-order chi connectivity index (χ0) is 25.1. The van der Waals surface area contributed by atoms with Gasteiger partial charge in [-0.25, -0.2) is 14.1 Å². The van der Waals surface area contributed by atoms with E-state index in [1.165, 1.54) is 12.1 Å². The highest BCUT2D eigenvalue weighted by Crippen LogP contribution is 2.31. The Bertz CT molecular complexity index is 1330. The molecule has 35 heavy (non-hydrogen) atoms. The van der Waals surface area contributed by atoms with E-state index in [4.69, 9.17) is 4.74 Å². The summed E-state index contributed by atoms with van der Waals surface area (Å²) in [5.74, 6) is -1.23. The third-order valence-electron chi connectivity index (χ3n) is 5.37. The van der Waals surface area contributed by atoms with Crippen molar-refractivity contribution in [1.29, 1.82) is 0 Å². The zero-order valence-electron chi connectivity index (χ0n) is 18.5. The monoisotopic (exact) mass is 696 g/mol. The number of anilines is 1. The molecule has 1 N–H and O–H groups in total. The molecule has 1 saturated heterocycles. The normalized spacial score (nSPS) is 14.9. The Hall–Kier alpha value is -2.80. The van der Waals surface area contributed by atoms with E-state index in [0.29, 0.717) is 22.6 Å². The quantitative estimate of drug-likeness (QED) is 0.200. The lowest BCUT2D eigenvalue weighted by Crippen LogP contribution is -2.54. The smallest absolute Gasteiger partial charge is 0.335 e. The number of imide groups is 2. The van der Waals surface area contributed by atoms with Crippen molar-refractivity contribution in [2.24, 2.45) is 0 Å². The van der Waals surface area contributed by atoms with Crippen LogP contribution in [0.1, 0.15) is 23.6 Å². The average molecular weight is 696 g/mol. The van der Waals surface area contributed by atoms with Crippen LogP contribution in [0.4, 0.5) is 14.9 Å². The molecular formula is C26H19FI2N2O4. The van der Waals surface area contributed by atoms with Gasteiger partial charge in [0.2, 0.25) is 0 Å². The number of benzene rings is 3. The molecule has 0 aromatic heterocycles. The second-order valence-electron chi connectivity index (χ2n) is 7.67. The van der Waals surface area contributed by atoms with Gasteiger partial charge in [0.05, 0.1) is 12.8 Å². The first-order valence-electron chi connectivity index (χ1n) is 10.6. The Labute approximate surface area is 228 Å². The zero-order valence-corrected chi connectivity index (χ0v) is 22.8. The number of ether oxygens (including phenoxy) is 1. The van der Waals surface area contributed by atoms with E-state index >= 15 is 0 Å². The summed E-state index contributed by atoms with van der Waals surface area (Å²) in [6.07, 6.45) is 2.27. The molecule has 0 aliphatic carbocycles. The summed E-state index contributed by atoms with van der Waals surface area (Å²) < 4.78 is 21.2. The van der Waals surface area contributed by atoms with Crippen LogP contribution in [-0.2, 0) is 22.6 Å². The van der Waals surface area contributed by atoms with Gasteiger partial charge in [0.15, 0.2) is 0 Å². The molecule has 6 nitrogen and oxygen atoms in total. The van der Waals surface area contributed by atoms with Crippen LogP contribution in [0.5, 0.6) is 5.75 Å². The third-order valence-corrected chi connectivity index (χ3v) is 6.97. The van der Waals surface area contributed by atoms with Gasteiger partial charge in [-0.15, -0.1) is 0 Å². The highest BCUT2D eigenvalue weighted by molar-refractivity contribution is 14.1. The minimum atomic E-state index is -0.789. The number of hydrogen-bond donors (Lipinski definition) is 1. The number of urea groups is 1. The number of amides is 4. The van der Waals surface area contributed by atoms with Gasteiger partial charge in [-0.3, -0.25) is 14.9 Å². The van der Waals surface area contributed by atoms with Crippen molar-refractivity contribution >= 4 is 74.8 Å². The average Bonchev–Trinajstić information content (AvgIpc) is 2.82. The molecule has 4 amide bonds. The standard InChI is InChI=1S/C26H19FI2N2O4/c1-2-15-7-9-18(10-8-15)31-25(33)19(24(32)30-26(31)34)11-16-12-21(28)23(22(29)13-16)35-14-17-5-3-4-6-20(17)27/h3-13H,2,14H2,1H3,(H,30,32,34)/b19-11-. The van der Waals surface area contributed by atoms with Gasteiger partial charge >= 0.3 is 6.03 Å². The number of nitrogens with zero attached hydrogens (tertiary/aromatic N) is 1. The minimum absolute atomic E-state index is 0.0634. The van der Waals surface area contributed by atoms with Crippen LogP contribution in [-0.4, -0.2) is 17.8 Å². The molecule has 1 fully saturated rings. The van der Waals surface area contributed by atoms with E-state index in [-0.39, 0.29) is 18.0 Å². The second-order valence-corrected chi connectivity index (χ2v) is 10.00. The Morgan fingerprint density at radius 1 is 1.00 bits per heavy atom. The van der Waals surface area contributed by atoms with Crippen LogP contribution < -0.4 is 15.0 Å². The van der Waals surface area contributed by atoms with Crippen molar-refractivity contribution in [3.05, 3.63) is 95.9 Å². The Morgan fingerprint density at radius 2 is 1.66 bits per heavy atom. The molecule has 0 unspecified atom stereocenters. The van der Waals surface area contributed by atoms with Gasteiger partial charge in [-0.2, -0.15) is 0 Å². The summed E-state index contributed by atoms with van der Waals surface area (Å²) in [4.78, 5) is 39.0. The van der Waals surface area contributed by atoms with Crippen molar-refractivity contribution in [3.63, 3.8) is 0 Å². The Morgan fingerprint density at radius 3 is 2.29 bits per heavy atom. The first-order valence-corrected chi connectivity index (χ1v) is 12.8. The van der Waals surface area contributed by atoms with Gasteiger partial charge in [0, 0.05) is 5.56 Å². The molecule has 1 aliphatic heterocycles. The third kappa shape index (κ3) is 5.56. The molecular weight excluding hydrogens is 677 g/mol. The van der Waals surface area contributed by atoms with E-state index in [0.717, 1.165) is 24.0 Å². The van der Waals surface area contributed by atoms with Gasteiger partial charge in [-0.1, -0.05) is 37.3 Å². The van der Waals surface area contributed by atoms with E-state index in [2.05, 4.69) is 50.5 Å². The van der Waals surface area contributed by atoms with Crippen LogP contribution >= 0.6 is 45.2 Å². The SMILES string of the molecule is CCc1ccc(N2C(=O)NC(=O)/C(=C/c3cc(I)c(OCc4ccccc4F)c(I)c3)C2=O)cc1. The molecule has 0 saturated carbocycles. The number of carbonyl (C=O) groups excluding carboxylic acids is 3. The molecule has 0 bridgehead atoms. The van der Waals surface area contributed by atoms with E-state index in [1.807, 2.05) is 19.1 Å². The van der Waals surface area contributed by atoms with Gasteiger partial charge in [0.25, 0.3) is 11.8 Å². The molecule has 3 aromatic carbocycles. The summed E-state index contributed by atoms with van der Waals surface area (Å²) in [7, 11) is 0. The van der Waals surface area contributed by atoms with E-state index in [1.54, 1.807) is 42.5 Å². The highest BCUT2D eigenvalue weighted by atomic mass is 127. The van der Waals surface area contributed by atoms with Gasteiger partial charge < -0.3 is 4.74 Å². The number of aryl methyl sites for hydroxylation is 1. The van der Waals surface area contributed by atoms with Crippen molar-refractivity contribution in [3.8, 4) is 5.75 Å². The maximum atomic E-state index is 13.9. The molecule has 0 spiro atoms. The lowest BCUT2D eigenvalue weighted by molar-refractivity contribution is -0.122. The van der Waals surface area contributed by atoms with Gasteiger partial charge in [-0.05, 0) is 99.1 Å². The summed E-state index contributed by atoms with van der Waals surface area (Å²) in [5.41, 5.74) is 2.31. The number of halogens is 3. The minimum Gasteiger partial charge on any atom is -0.487 e. The molecule has 3 aromatic rings. The fourth-order valence-electron chi connectivity index (χ4n) is 3.51. The number of barbiturate groups is 1. The number of nitrogens with one attached hydrogen (secondary N) is 1.